The lowest BCUT2D eigenvalue weighted by Crippen LogP contribution is -2.35. The molecule has 2 aromatic carbocycles. The highest BCUT2D eigenvalue weighted by Crippen LogP contribution is 2.27. The highest BCUT2D eigenvalue weighted by Gasteiger charge is 2.25. The molecule has 3 aromatic rings. The van der Waals surface area contributed by atoms with Gasteiger partial charge in [0.1, 0.15) is 0 Å². The summed E-state index contributed by atoms with van der Waals surface area (Å²) in [4.78, 5) is 25.0. The highest BCUT2D eigenvalue weighted by molar-refractivity contribution is 6.35. The molecule has 30 heavy (non-hydrogen) atoms. The summed E-state index contributed by atoms with van der Waals surface area (Å²) in [6, 6.07) is 13.2. The normalized spacial score (nSPS) is 11.8. The fraction of sp³-hybridized carbons (Fsp3) is 0.227. The highest BCUT2D eigenvalue weighted by atomic mass is 35.5. The van der Waals surface area contributed by atoms with Crippen LogP contribution >= 0.6 is 23.2 Å². The average Bonchev–Trinajstić information content (AvgIpc) is 3.00. The molecule has 0 bridgehead atoms. The van der Waals surface area contributed by atoms with Gasteiger partial charge >= 0.3 is 5.97 Å². The van der Waals surface area contributed by atoms with Crippen molar-refractivity contribution < 1.29 is 14.3 Å². The first-order valence-electron chi connectivity index (χ1n) is 9.24. The Morgan fingerprint density at radius 2 is 1.83 bits per heavy atom. The minimum Gasteiger partial charge on any atom is -0.467 e. The van der Waals surface area contributed by atoms with Gasteiger partial charge in [-0.2, -0.15) is 5.10 Å². The molecule has 0 saturated carbocycles. The van der Waals surface area contributed by atoms with Gasteiger partial charge in [0.2, 0.25) is 5.91 Å². The number of aromatic nitrogens is 2. The van der Waals surface area contributed by atoms with Gasteiger partial charge in [-0.3, -0.25) is 4.79 Å². The fourth-order valence-electron chi connectivity index (χ4n) is 3.23. The van der Waals surface area contributed by atoms with E-state index in [1.165, 1.54) is 7.11 Å². The van der Waals surface area contributed by atoms with Crippen molar-refractivity contribution in [2.45, 2.75) is 26.3 Å². The number of methoxy groups -OCH3 is 1. The van der Waals surface area contributed by atoms with Gasteiger partial charge in [0.25, 0.3) is 0 Å². The van der Waals surface area contributed by atoms with Crippen molar-refractivity contribution in [1.82, 2.24) is 15.1 Å². The summed E-state index contributed by atoms with van der Waals surface area (Å²) in [6.45, 7) is 3.69. The molecule has 3 rings (SSSR count). The molecule has 1 atom stereocenters. The lowest BCUT2D eigenvalue weighted by Gasteiger charge is -2.17. The Morgan fingerprint density at radius 3 is 2.47 bits per heavy atom. The van der Waals surface area contributed by atoms with Crippen LogP contribution in [0, 0.1) is 13.8 Å². The first-order valence-corrected chi connectivity index (χ1v) is 10.00. The van der Waals surface area contributed by atoms with E-state index in [9.17, 15) is 9.59 Å². The zero-order valence-corrected chi connectivity index (χ0v) is 18.3. The summed E-state index contributed by atoms with van der Waals surface area (Å²) in [5.41, 5.74) is 3.55. The van der Waals surface area contributed by atoms with Crippen LogP contribution in [0.4, 0.5) is 0 Å². The van der Waals surface area contributed by atoms with E-state index in [1.54, 1.807) is 47.1 Å². The van der Waals surface area contributed by atoms with Crippen LogP contribution in [0.2, 0.25) is 10.0 Å². The number of aryl methyl sites for hydroxylation is 1. The molecular weight excluding hydrogens is 425 g/mol. The Kier molecular flexibility index (Phi) is 6.80. The van der Waals surface area contributed by atoms with E-state index in [4.69, 9.17) is 27.9 Å². The fourth-order valence-corrected chi connectivity index (χ4v) is 3.72. The van der Waals surface area contributed by atoms with Crippen molar-refractivity contribution in [3.05, 3.63) is 81.1 Å². The molecule has 0 fully saturated rings. The molecule has 0 saturated heterocycles. The Morgan fingerprint density at radius 1 is 1.13 bits per heavy atom. The van der Waals surface area contributed by atoms with Crippen LogP contribution in [0.15, 0.2) is 48.5 Å². The second kappa shape index (κ2) is 9.32. The van der Waals surface area contributed by atoms with Crippen LogP contribution in [0.1, 0.15) is 28.6 Å². The predicted octanol–water partition coefficient (Wildman–Crippen LogP) is 4.37. The quantitative estimate of drug-likeness (QED) is 0.571. The molecule has 1 unspecified atom stereocenters. The molecule has 0 aliphatic rings. The standard InChI is InChI=1S/C22H21Cl2N3O3/c1-13-17(14(2)27(26-13)19-10-9-16(23)11-18(19)24)12-20(28)25-21(22(29)30-3)15-7-5-4-6-8-15/h4-11,21H,12H2,1-3H3,(H,25,28). The average molecular weight is 446 g/mol. The number of halogens is 2. The summed E-state index contributed by atoms with van der Waals surface area (Å²) in [5.74, 6) is -0.853. The number of nitrogens with one attached hydrogen (secondary N) is 1. The number of amides is 1. The zero-order valence-electron chi connectivity index (χ0n) is 16.8. The van der Waals surface area contributed by atoms with Crippen LogP contribution in [0.3, 0.4) is 0 Å². The molecule has 0 radical (unpaired) electrons. The van der Waals surface area contributed by atoms with Crippen molar-refractivity contribution in [2.24, 2.45) is 0 Å². The Labute approximate surface area is 184 Å². The van der Waals surface area contributed by atoms with Crippen LogP contribution in [-0.2, 0) is 20.7 Å². The molecule has 156 valence electrons. The van der Waals surface area contributed by atoms with Gasteiger partial charge in [0.05, 0.1) is 29.9 Å². The minimum absolute atomic E-state index is 0.0587. The third-order valence-corrected chi connectivity index (χ3v) is 5.33. The summed E-state index contributed by atoms with van der Waals surface area (Å²) in [6.07, 6.45) is 0.0587. The largest absolute Gasteiger partial charge is 0.467 e. The number of hydrogen-bond acceptors (Lipinski definition) is 4. The van der Waals surface area contributed by atoms with E-state index in [0.717, 1.165) is 11.3 Å². The van der Waals surface area contributed by atoms with Gasteiger partial charge in [0, 0.05) is 16.3 Å². The maximum atomic E-state index is 12.8. The van der Waals surface area contributed by atoms with Crippen LogP contribution in [-0.4, -0.2) is 28.8 Å². The number of hydrogen-bond donors (Lipinski definition) is 1. The number of ether oxygens (including phenoxy) is 1. The second-order valence-electron chi connectivity index (χ2n) is 6.77. The van der Waals surface area contributed by atoms with Gasteiger partial charge in [-0.25, -0.2) is 9.48 Å². The van der Waals surface area contributed by atoms with Gasteiger partial charge < -0.3 is 10.1 Å². The smallest absolute Gasteiger partial charge is 0.333 e. The monoisotopic (exact) mass is 445 g/mol. The Balaban J connectivity index is 1.84. The van der Waals surface area contributed by atoms with Crippen molar-refractivity contribution in [3.8, 4) is 5.69 Å². The minimum atomic E-state index is -0.884. The molecule has 0 spiro atoms. The second-order valence-corrected chi connectivity index (χ2v) is 7.61. The molecule has 8 heteroatoms. The molecule has 1 heterocycles. The SMILES string of the molecule is COC(=O)C(NC(=O)Cc1c(C)nn(-c2ccc(Cl)cc2Cl)c1C)c1ccccc1. The molecule has 1 N–H and O–H groups in total. The van der Waals surface area contributed by atoms with E-state index in [0.29, 0.717) is 27.0 Å². The lowest BCUT2D eigenvalue weighted by molar-refractivity contribution is -0.145. The van der Waals surface area contributed by atoms with E-state index in [1.807, 2.05) is 19.9 Å². The van der Waals surface area contributed by atoms with Gasteiger partial charge in [-0.1, -0.05) is 53.5 Å². The number of esters is 1. The van der Waals surface area contributed by atoms with E-state index in [2.05, 4.69) is 10.4 Å². The van der Waals surface area contributed by atoms with Gasteiger partial charge in [-0.05, 0) is 37.6 Å². The van der Waals surface area contributed by atoms with E-state index >= 15 is 0 Å². The Bertz CT molecular complexity index is 1080. The molecule has 0 aliphatic carbocycles. The maximum Gasteiger partial charge on any atom is 0.333 e. The summed E-state index contributed by atoms with van der Waals surface area (Å²) < 4.78 is 6.54. The van der Waals surface area contributed by atoms with Crippen LogP contribution < -0.4 is 5.32 Å². The number of carbonyl (C=O) groups excluding carboxylic acids is 2. The number of nitrogens with zero attached hydrogens (tertiary/aromatic N) is 2. The summed E-state index contributed by atoms with van der Waals surface area (Å²) >= 11 is 12.3. The third kappa shape index (κ3) is 4.66. The predicted molar refractivity (Wildman–Crippen MR) is 116 cm³/mol. The molecular formula is C22H21Cl2N3O3. The summed E-state index contributed by atoms with van der Waals surface area (Å²) in [7, 11) is 1.29. The molecule has 1 amide bonds. The first-order chi connectivity index (χ1) is 14.3. The maximum absolute atomic E-state index is 12.8. The summed E-state index contributed by atoms with van der Waals surface area (Å²) in [5, 5.41) is 8.28. The molecule has 0 aliphatic heterocycles. The van der Waals surface area contributed by atoms with Gasteiger partial charge in [0.15, 0.2) is 6.04 Å². The van der Waals surface area contributed by atoms with Crippen LogP contribution in [0.5, 0.6) is 0 Å². The van der Waals surface area contributed by atoms with Gasteiger partial charge in [-0.15, -0.1) is 0 Å². The molecule has 6 nitrogen and oxygen atoms in total. The van der Waals surface area contributed by atoms with Crippen molar-refractivity contribution in [3.63, 3.8) is 0 Å². The number of rotatable bonds is 6. The van der Waals surface area contributed by atoms with E-state index in [-0.39, 0.29) is 12.3 Å². The zero-order chi connectivity index (χ0) is 21.8. The Hall–Kier alpha value is -2.83. The first kappa shape index (κ1) is 21.9. The number of carbonyl (C=O) groups is 2. The lowest BCUT2D eigenvalue weighted by atomic mass is 10.1. The third-order valence-electron chi connectivity index (χ3n) is 4.79. The van der Waals surface area contributed by atoms with Crippen molar-refractivity contribution >= 4 is 35.1 Å². The molecule has 1 aromatic heterocycles. The van der Waals surface area contributed by atoms with Crippen molar-refractivity contribution in [2.75, 3.05) is 7.11 Å². The topological polar surface area (TPSA) is 73.2 Å². The van der Waals surface area contributed by atoms with Crippen molar-refractivity contribution in [1.29, 1.82) is 0 Å². The number of benzene rings is 2. The van der Waals surface area contributed by atoms with E-state index < -0.39 is 12.0 Å². The van der Waals surface area contributed by atoms with Crippen LogP contribution in [0.25, 0.3) is 5.69 Å².